The van der Waals surface area contributed by atoms with Gasteiger partial charge in [0.15, 0.2) is 5.82 Å². The van der Waals surface area contributed by atoms with Crippen molar-refractivity contribution >= 4 is 59.2 Å². The first-order valence-corrected chi connectivity index (χ1v) is 18.5. The van der Waals surface area contributed by atoms with Crippen molar-refractivity contribution in [1.29, 1.82) is 0 Å². The minimum atomic E-state index is -1.82. The number of aliphatic hydroxyl groups excluding tert-OH is 5. The van der Waals surface area contributed by atoms with Crippen LogP contribution in [0.3, 0.4) is 0 Å². The molecule has 1 aromatic heterocycles. The monoisotopic (exact) mass is 854 g/mol. The number of β-amino-alcohol motifs (C(OH)–C–C–N with tert-alkyl or cyclic N) is 1. The van der Waals surface area contributed by atoms with Crippen molar-refractivity contribution in [1.82, 2.24) is 30.0 Å². The number of carbonyl (C=O) groups excluding carboxylic acids is 3. The molecule has 1 saturated heterocycles. The van der Waals surface area contributed by atoms with E-state index in [1.807, 2.05) is 0 Å². The summed E-state index contributed by atoms with van der Waals surface area (Å²) in [4.78, 5) is 65.9. The molecule has 3 amide bonds. The first-order valence-electron chi connectivity index (χ1n) is 18.1. The lowest BCUT2D eigenvalue weighted by Gasteiger charge is -2.40. The first kappa shape index (κ1) is 44.9. The molecule has 0 bridgehead atoms. The lowest BCUT2D eigenvalue weighted by molar-refractivity contribution is -0.135. The zero-order valence-corrected chi connectivity index (χ0v) is 32.2. The number of amides is 3. The molecule has 4 aromatic rings. The van der Waals surface area contributed by atoms with Gasteiger partial charge in [-0.3, -0.25) is 24.1 Å². The minimum absolute atomic E-state index is 0.00887. The minimum Gasteiger partial charge on any atom is -0.483 e. The Kier molecular flexibility index (Phi) is 15.1. The van der Waals surface area contributed by atoms with E-state index in [9.17, 15) is 44.7 Å². The number of aromatic nitrogens is 4. The Balaban J connectivity index is 0.00000221. The van der Waals surface area contributed by atoms with Gasteiger partial charge < -0.3 is 50.9 Å². The Bertz CT molecular complexity index is 2210. The van der Waals surface area contributed by atoms with E-state index >= 15 is 4.39 Å². The molecule has 2 aliphatic heterocycles. The summed E-state index contributed by atoms with van der Waals surface area (Å²) in [6.07, 6.45) is -3.10. The van der Waals surface area contributed by atoms with Crippen LogP contribution < -0.4 is 10.2 Å². The van der Waals surface area contributed by atoms with Crippen molar-refractivity contribution in [2.75, 3.05) is 49.5 Å². The van der Waals surface area contributed by atoms with Gasteiger partial charge in [-0.05, 0) is 76.5 Å². The highest BCUT2D eigenvalue weighted by Gasteiger charge is 2.39. The molecule has 5 unspecified atom stereocenters. The Labute approximate surface area is 344 Å². The van der Waals surface area contributed by atoms with Gasteiger partial charge in [0.05, 0.1) is 35.5 Å². The van der Waals surface area contributed by atoms with E-state index in [1.165, 1.54) is 63.3 Å². The van der Waals surface area contributed by atoms with Gasteiger partial charge >= 0.3 is 5.97 Å². The molecule has 6 rings (SSSR count). The van der Waals surface area contributed by atoms with Crippen LogP contribution in [0.1, 0.15) is 33.1 Å². The van der Waals surface area contributed by atoms with E-state index in [0.717, 1.165) is 6.08 Å². The van der Waals surface area contributed by atoms with Crippen molar-refractivity contribution in [3.63, 3.8) is 0 Å². The van der Waals surface area contributed by atoms with Crippen LogP contribution in [0.4, 0.5) is 15.8 Å². The average molecular weight is 855 g/mol. The second kappa shape index (κ2) is 20.2. The molecular weight excluding hydrogens is 815 g/mol. The van der Waals surface area contributed by atoms with Crippen molar-refractivity contribution in [3.8, 4) is 5.69 Å². The third-order valence-electron chi connectivity index (χ3n) is 9.79. The highest BCUT2D eigenvalue weighted by Crippen LogP contribution is 2.37. The number of halogens is 2. The summed E-state index contributed by atoms with van der Waals surface area (Å²) in [5, 5.41) is 79.1. The number of hydrogen-bond donors (Lipinski definition) is 8. The first-order chi connectivity index (χ1) is 28.7. The fourth-order valence-electron chi connectivity index (χ4n) is 6.83. The topological polar surface area (TPSA) is 292 Å². The summed E-state index contributed by atoms with van der Waals surface area (Å²) < 4.78 is 16.5. The van der Waals surface area contributed by atoms with Crippen molar-refractivity contribution in [3.05, 3.63) is 100 Å². The van der Waals surface area contributed by atoms with Crippen LogP contribution in [0.15, 0.2) is 67.0 Å². The predicted molar refractivity (Wildman–Crippen MR) is 208 cm³/mol. The molecule has 3 heterocycles. The number of fused-ring (bicyclic) bond motifs is 1. The zero-order valence-electron chi connectivity index (χ0n) is 31.4. The molecule has 1 fully saturated rings. The molecule has 22 heteroatoms. The van der Waals surface area contributed by atoms with Crippen LogP contribution in [0, 0.1) is 5.82 Å². The summed E-state index contributed by atoms with van der Waals surface area (Å²) in [6, 6.07) is 11.9. The van der Waals surface area contributed by atoms with Crippen molar-refractivity contribution in [2.45, 2.75) is 36.9 Å². The number of aromatic carboxylic acids is 1. The second-order valence-corrected chi connectivity index (χ2v) is 13.9. The quantitative estimate of drug-likeness (QED) is 0.0634. The lowest BCUT2D eigenvalue weighted by atomic mass is 9.89. The standard InChI is InChI=1S/C37H38ClFN8O10.CH2O2/c38-25-9-10-27(47-19-40-42-43-47)24(32(25)39)8-11-30(51)46-13-12-22-23(33(46)36(55)41-21-6-4-20(5-7-21)37(56)57)2-1-3-26(22)45-15-14-44(17-31(45)52)16-28(49)34(53)35(54)29(50)18-48;2-1-3/h1-11,19,28-29,33-35,48-50,53-54H,12-18H2,(H,41,55)(H,56,57);1H,(H,2,3)/b11-8+;. The predicted octanol–water partition coefficient (Wildman–Crippen LogP) is -0.284. The summed E-state index contributed by atoms with van der Waals surface area (Å²) in [7, 11) is 0. The van der Waals surface area contributed by atoms with Crippen LogP contribution in [0.5, 0.6) is 0 Å². The summed E-state index contributed by atoms with van der Waals surface area (Å²) in [5.41, 5.74) is 1.82. The molecule has 318 valence electrons. The highest BCUT2D eigenvalue weighted by atomic mass is 35.5. The Morgan fingerprint density at radius 2 is 1.67 bits per heavy atom. The van der Waals surface area contributed by atoms with Gasteiger partial charge in [-0.1, -0.05) is 23.7 Å². The molecule has 60 heavy (non-hydrogen) atoms. The van der Waals surface area contributed by atoms with Crippen LogP contribution in [0.2, 0.25) is 5.02 Å². The SMILES string of the molecule is O=C(O)c1ccc(NC(=O)C2c3cccc(N4CCN(CC(O)C(O)C(O)C(O)CO)CC4=O)c3CCN2C(=O)/C=C/c2c(-n3cnnn3)ccc(Cl)c2F)cc1.O=CO. The highest BCUT2D eigenvalue weighted by molar-refractivity contribution is 6.31. The number of benzene rings is 3. The molecule has 0 saturated carbocycles. The van der Waals surface area contributed by atoms with E-state index in [0.29, 0.717) is 16.8 Å². The number of nitrogens with one attached hydrogen (secondary N) is 1. The molecule has 0 aliphatic carbocycles. The smallest absolute Gasteiger partial charge is 0.335 e. The number of nitrogens with zero attached hydrogens (tertiary/aromatic N) is 7. The molecule has 0 radical (unpaired) electrons. The van der Waals surface area contributed by atoms with Gasteiger partial charge in [0.1, 0.15) is 30.7 Å². The third-order valence-corrected chi connectivity index (χ3v) is 10.1. The van der Waals surface area contributed by atoms with Gasteiger partial charge in [0.25, 0.3) is 12.4 Å². The average Bonchev–Trinajstić information content (AvgIpc) is 3.78. The van der Waals surface area contributed by atoms with E-state index in [-0.39, 0.29) is 79.0 Å². The fraction of sp³-hybridized carbons (Fsp3) is 0.316. The summed E-state index contributed by atoms with van der Waals surface area (Å²) in [6.45, 7) is -1.14. The molecule has 8 N–H and O–H groups in total. The number of rotatable bonds is 13. The van der Waals surface area contributed by atoms with Crippen molar-refractivity contribution < 1.29 is 64.1 Å². The number of anilines is 2. The molecule has 2 aliphatic rings. The molecule has 5 atom stereocenters. The third kappa shape index (κ3) is 10.1. The fourth-order valence-corrected chi connectivity index (χ4v) is 7.00. The number of aliphatic hydroxyl groups is 5. The molecule has 20 nitrogen and oxygen atoms in total. The van der Waals surface area contributed by atoms with Gasteiger partial charge in [-0.15, -0.1) is 5.10 Å². The van der Waals surface area contributed by atoms with Gasteiger partial charge in [0, 0.05) is 49.2 Å². The van der Waals surface area contributed by atoms with Crippen LogP contribution >= 0.6 is 11.6 Å². The number of tetrazole rings is 1. The molecule has 0 spiro atoms. The van der Waals surface area contributed by atoms with E-state index in [1.54, 1.807) is 23.1 Å². The number of hydrogen-bond acceptors (Lipinski definition) is 14. The van der Waals surface area contributed by atoms with Crippen LogP contribution in [-0.4, -0.2) is 160 Å². The van der Waals surface area contributed by atoms with Gasteiger partial charge in [-0.25, -0.2) is 9.18 Å². The number of carbonyl (C=O) groups is 5. The largest absolute Gasteiger partial charge is 0.483 e. The summed E-state index contributed by atoms with van der Waals surface area (Å²) >= 11 is 6.07. The van der Waals surface area contributed by atoms with Gasteiger partial charge in [-0.2, -0.15) is 4.68 Å². The normalized spacial score (nSPS) is 17.5. The maximum atomic E-state index is 15.3. The van der Waals surface area contributed by atoms with Crippen LogP contribution in [-0.2, 0) is 25.6 Å². The number of carboxylic acids is 1. The maximum Gasteiger partial charge on any atom is 0.335 e. The number of piperazine rings is 1. The zero-order chi connectivity index (χ0) is 43.7. The van der Waals surface area contributed by atoms with E-state index in [4.69, 9.17) is 26.6 Å². The maximum absolute atomic E-state index is 15.3. The molecular formula is C38H40ClFN8O12. The Hall–Kier alpha value is -6.20. The van der Waals surface area contributed by atoms with E-state index in [2.05, 4.69) is 20.8 Å². The Morgan fingerprint density at radius 3 is 2.30 bits per heavy atom. The lowest BCUT2D eigenvalue weighted by Crippen LogP contribution is -2.55. The van der Waals surface area contributed by atoms with E-state index < -0.39 is 60.7 Å². The van der Waals surface area contributed by atoms with Gasteiger partial charge in [0.2, 0.25) is 11.8 Å². The number of carboxylic acid groups (broad SMARTS) is 2. The van der Waals surface area contributed by atoms with Crippen molar-refractivity contribution in [2.24, 2.45) is 0 Å². The molecule has 3 aromatic carbocycles. The second-order valence-electron chi connectivity index (χ2n) is 13.5. The summed E-state index contributed by atoms with van der Waals surface area (Å²) in [5.74, 6) is -3.70. The van der Waals surface area contributed by atoms with Crippen LogP contribution in [0.25, 0.3) is 11.8 Å². The Morgan fingerprint density at radius 1 is 0.967 bits per heavy atom.